The van der Waals surface area contributed by atoms with Gasteiger partial charge in [-0.3, -0.25) is 0 Å². The normalized spacial score (nSPS) is 17.4. The fourth-order valence-corrected chi connectivity index (χ4v) is 27.5. The average molecular weight is 1920 g/mol. The molecule has 26 rings (SSSR count). The third-order valence-electron chi connectivity index (χ3n) is 24.7. The van der Waals surface area contributed by atoms with Gasteiger partial charge in [0.25, 0.3) is 0 Å². The van der Waals surface area contributed by atoms with E-state index < -0.39 is 62.8 Å². The molecule has 0 fully saturated rings. The standard InChI is InChI=1S/2C36H21N3O2Te.C32H19N3O2Te/c2*40-33-28(34(41)32-27-10-4-2-8-25(27)24-7-1-3-9-26(24)31(32)33)17-20-15-21-18-23(19-22(21)16-20)39-29-11-5-13-37-35(29)42-36-30(39)12-6-14-38-36;36-29-24-10-9-19-5-1-2-6-23(19)28(24)30(37)25(29)15-18-13-20-16-22(17-21(20)14-18)35-26-7-3-11-33-31(26)38-32-27(35)8-4-12-34-32/h2*1-15,17,19H,16,18H2;1-13,15,17H,14,16H2/b;;25-15+. The predicted molar refractivity (Wildman–Crippen MR) is 481 cm³/mol. The Morgan fingerprint density at radius 2 is 0.492 bits per heavy atom. The summed E-state index contributed by atoms with van der Waals surface area (Å²) in [7, 11) is 0. The Balaban J connectivity index is 0.000000104. The molecule has 8 aromatic carbocycles. The van der Waals surface area contributed by atoms with Gasteiger partial charge >= 0.3 is 548 Å². The summed E-state index contributed by atoms with van der Waals surface area (Å²) in [5, 5.41) is 9.19. The van der Waals surface area contributed by atoms with Gasteiger partial charge in [0.1, 0.15) is 0 Å². The Hall–Kier alpha value is -13.4. The number of hydrogen-bond acceptors (Lipinski definition) is 15. The first-order chi connectivity index (χ1) is 60.0. The molecule has 0 unspecified atom stereocenters. The van der Waals surface area contributed by atoms with E-state index in [0.29, 0.717) is 52.6 Å². The van der Waals surface area contributed by atoms with Crippen LogP contribution in [0.25, 0.3) is 53.9 Å². The Bertz CT molecular complexity index is 7170. The van der Waals surface area contributed by atoms with Crippen molar-refractivity contribution in [3.63, 3.8) is 0 Å². The summed E-state index contributed by atoms with van der Waals surface area (Å²) >= 11 is -1.92. The topological polar surface area (TPSA) is 189 Å². The van der Waals surface area contributed by atoms with Gasteiger partial charge in [-0.05, 0) is 59.9 Å². The van der Waals surface area contributed by atoms with Gasteiger partial charge in [-0.2, -0.15) is 0 Å². The number of hydrogen-bond donors (Lipinski definition) is 0. The van der Waals surface area contributed by atoms with E-state index in [4.69, 9.17) is 19.9 Å². The Morgan fingerprint density at radius 3 is 0.787 bits per heavy atom. The minimum Gasteiger partial charge on any atom is -0.0616 e. The van der Waals surface area contributed by atoms with Crippen molar-refractivity contribution >= 4 is 208 Å². The van der Waals surface area contributed by atoms with Crippen molar-refractivity contribution in [3.05, 3.63) is 415 Å². The summed E-state index contributed by atoms with van der Waals surface area (Å²) in [6.45, 7) is 0. The number of ketones is 6. The van der Waals surface area contributed by atoms with Crippen LogP contribution in [0.2, 0.25) is 0 Å². The van der Waals surface area contributed by atoms with Crippen LogP contribution in [0.3, 0.4) is 0 Å². The van der Waals surface area contributed by atoms with Gasteiger partial charge in [0.2, 0.25) is 0 Å². The average Bonchev–Trinajstić information content (AvgIpc) is 1.54. The number of carbonyl (C=O) groups is 6. The van der Waals surface area contributed by atoms with Crippen molar-refractivity contribution < 1.29 is 28.8 Å². The SMILES string of the molecule is O=C1/C(=C\C2=CC3=C(C=C(N4c5cccnc5[Te]c5ncccc54)C3)C2)C(=O)c2c1ccc1ccccc21.O=C1C(=CC2=CC3=C(C=C(N4c5cccnc5[Te]c5ncccc54)C3)C2)C(=O)c2c1c1ccccc1c1ccccc21.O=C1C(=CC2=CC3=C(C=C(N4c5cccnc5[Te]c5ncccc54)C3)C2)C(=O)c2c1c1ccccc1c1ccccc21. The maximum atomic E-state index is 13.8. The molecule has 18 heteroatoms. The van der Waals surface area contributed by atoms with Crippen molar-refractivity contribution in [2.45, 2.75) is 38.5 Å². The van der Waals surface area contributed by atoms with Gasteiger partial charge in [-0.25, -0.2) is 0 Å². The van der Waals surface area contributed by atoms with E-state index in [-0.39, 0.29) is 51.4 Å². The fraction of sp³-hybridized carbons (Fsp3) is 0.0577. The number of pyridine rings is 6. The molecule has 9 heterocycles. The molecular formula is C104H61N9O6Te3. The molecule has 0 amide bonds. The van der Waals surface area contributed by atoms with Gasteiger partial charge < -0.3 is 0 Å². The van der Waals surface area contributed by atoms with Gasteiger partial charge in [-0.15, -0.1) is 0 Å². The molecule has 0 saturated carbocycles. The first kappa shape index (κ1) is 72.6. The van der Waals surface area contributed by atoms with Crippen molar-refractivity contribution in [2.24, 2.45) is 0 Å². The molecule has 9 aliphatic carbocycles. The zero-order valence-corrected chi connectivity index (χ0v) is 71.7. The third kappa shape index (κ3) is 11.6. The number of benzene rings is 8. The number of allylic oxidation sites excluding steroid dienone is 21. The zero-order valence-electron chi connectivity index (χ0n) is 64.7. The zero-order chi connectivity index (χ0) is 81.3. The molecule has 0 atom stereocenters. The monoisotopic (exact) mass is 1920 g/mol. The smallest absolute Gasteiger partial charge is 0.0616 e. The van der Waals surface area contributed by atoms with Crippen molar-refractivity contribution in [1.82, 2.24) is 29.9 Å². The number of anilines is 6. The molecule has 15 nitrogen and oxygen atoms in total. The first-order valence-corrected chi connectivity index (χ1v) is 47.3. The molecule has 0 saturated heterocycles. The number of aromatic nitrogens is 6. The van der Waals surface area contributed by atoms with E-state index in [0.717, 1.165) is 146 Å². The Morgan fingerprint density at radius 1 is 0.238 bits per heavy atom. The van der Waals surface area contributed by atoms with Gasteiger partial charge in [0, 0.05) is 0 Å². The molecule has 0 bridgehead atoms. The minimum absolute atomic E-state index is 0.170. The van der Waals surface area contributed by atoms with Gasteiger partial charge in [0.15, 0.2) is 0 Å². The van der Waals surface area contributed by atoms with Crippen LogP contribution in [0, 0.1) is 0 Å². The minimum atomic E-state index is -0.646. The number of nitrogens with zero attached hydrogens (tertiary/aromatic N) is 9. The molecule has 122 heavy (non-hydrogen) atoms. The first-order valence-electron chi connectivity index (χ1n) is 40.3. The summed E-state index contributed by atoms with van der Waals surface area (Å²) < 4.78 is 6.93. The molecule has 0 radical (unpaired) electrons. The van der Waals surface area contributed by atoms with Crippen molar-refractivity contribution in [1.29, 1.82) is 0 Å². The van der Waals surface area contributed by atoms with Crippen LogP contribution in [0.1, 0.15) is 101 Å². The second-order valence-electron chi connectivity index (χ2n) is 31.6. The molecule has 14 aromatic rings. The van der Waals surface area contributed by atoms with Crippen LogP contribution in [-0.4, -0.2) is 127 Å². The van der Waals surface area contributed by atoms with Gasteiger partial charge in [0.05, 0.1) is 0 Å². The molecular weight excluding hydrogens is 1850 g/mol. The number of rotatable bonds is 6. The quantitative estimate of drug-likeness (QED) is 0.0661. The van der Waals surface area contributed by atoms with E-state index in [1.165, 1.54) is 50.5 Å². The molecule has 6 aromatic heterocycles. The summed E-state index contributed by atoms with van der Waals surface area (Å²) in [6.07, 6.45) is 34.4. The molecule has 0 spiro atoms. The maximum absolute atomic E-state index is 13.8. The summed E-state index contributed by atoms with van der Waals surface area (Å²) in [5.41, 5.74) is 25.0. The predicted octanol–water partition coefficient (Wildman–Crippen LogP) is 16.3. The second-order valence-corrected chi connectivity index (χ2v) is 40.0. The Labute approximate surface area is 728 Å². The van der Waals surface area contributed by atoms with Crippen LogP contribution in [0.15, 0.2) is 382 Å². The summed E-state index contributed by atoms with van der Waals surface area (Å²) in [6, 6.07) is 68.0. The van der Waals surface area contributed by atoms with Crippen LogP contribution in [0.4, 0.5) is 34.1 Å². The van der Waals surface area contributed by atoms with Crippen LogP contribution >= 0.6 is 0 Å². The van der Waals surface area contributed by atoms with Crippen LogP contribution in [0.5, 0.6) is 0 Å². The summed E-state index contributed by atoms with van der Waals surface area (Å²) in [5.74, 6) is -1.04. The molecule has 0 N–H and O–H groups in total. The van der Waals surface area contributed by atoms with Crippen LogP contribution in [-0.2, 0) is 0 Å². The second kappa shape index (κ2) is 28.7. The van der Waals surface area contributed by atoms with Crippen molar-refractivity contribution in [3.8, 4) is 0 Å². The van der Waals surface area contributed by atoms with Crippen LogP contribution < -0.4 is 37.2 Å². The summed E-state index contributed by atoms with van der Waals surface area (Å²) in [4.78, 5) is 117. The Kier molecular flexibility index (Phi) is 17.1. The molecule has 576 valence electrons. The van der Waals surface area contributed by atoms with Gasteiger partial charge in [-0.1, -0.05) is 127 Å². The number of Topliss-reactive ketones (excluding diaryl/α,β-unsaturated/α-hetero) is 6. The van der Waals surface area contributed by atoms with Crippen molar-refractivity contribution in [2.75, 3.05) is 14.7 Å². The molecule has 3 aliphatic heterocycles. The number of fused-ring (bicyclic) bond motifs is 21. The van der Waals surface area contributed by atoms with E-state index in [1.54, 1.807) is 6.07 Å². The fourth-order valence-electron chi connectivity index (χ4n) is 19.5. The van der Waals surface area contributed by atoms with E-state index >= 15 is 0 Å². The molecule has 12 aliphatic rings. The van der Waals surface area contributed by atoms with E-state index in [2.05, 4.69) is 97.5 Å². The number of carbonyl (C=O) groups excluding carboxylic acids is 6. The third-order valence-corrected chi connectivity index (χ3v) is 33.4. The van der Waals surface area contributed by atoms with E-state index in [9.17, 15) is 28.8 Å². The van der Waals surface area contributed by atoms with E-state index in [1.807, 2.05) is 219 Å².